The molecular formula is C17H20N2S. The van der Waals surface area contributed by atoms with E-state index in [-0.39, 0.29) is 0 Å². The van der Waals surface area contributed by atoms with Gasteiger partial charge >= 0.3 is 0 Å². The molecule has 104 valence electrons. The zero-order valence-electron chi connectivity index (χ0n) is 12.1. The quantitative estimate of drug-likeness (QED) is 0.729. The van der Waals surface area contributed by atoms with Crippen LogP contribution in [0.15, 0.2) is 41.4 Å². The van der Waals surface area contributed by atoms with Crippen molar-refractivity contribution in [3.63, 3.8) is 0 Å². The Labute approximate surface area is 124 Å². The minimum absolute atomic E-state index is 0.987. The Morgan fingerprint density at radius 1 is 1.15 bits per heavy atom. The average molecular weight is 284 g/mol. The van der Waals surface area contributed by atoms with E-state index in [9.17, 15) is 0 Å². The smallest absolute Gasteiger partial charge is 0.119 e. The van der Waals surface area contributed by atoms with Gasteiger partial charge in [0.2, 0.25) is 0 Å². The number of hydrogen-bond donors (Lipinski definition) is 0. The molecule has 0 atom stereocenters. The van der Waals surface area contributed by atoms with Gasteiger partial charge in [0.15, 0.2) is 0 Å². The molecule has 3 rings (SSSR count). The fraction of sp³-hybridized carbons (Fsp3) is 0.353. The number of rotatable bonds is 5. The number of hydrogen-bond acceptors (Lipinski definition) is 3. The van der Waals surface area contributed by atoms with Crippen molar-refractivity contribution in [3.8, 4) is 0 Å². The van der Waals surface area contributed by atoms with Crippen LogP contribution >= 0.6 is 11.8 Å². The lowest BCUT2D eigenvalue weighted by Gasteiger charge is -2.27. The Kier molecular flexibility index (Phi) is 3.97. The predicted octanol–water partition coefficient (Wildman–Crippen LogP) is 4.85. The summed E-state index contributed by atoms with van der Waals surface area (Å²) < 4.78 is 0. The fourth-order valence-electron chi connectivity index (χ4n) is 2.57. The molecule has 1 heterocycles. The Morgan fingerprint density at radius 2 is 1.95 bits per heavy atom. The monoisotopic (exact) mass is 284 g/mol. The number of aliphatic imine (C=N–C) groups is 1. The molecule has 2 nitrogen and oxygen atoms in total. The van der Waals surface area contributed by atoms with Crippen molar-refractivity contribution in [2.75, 3.05) is 23.5 Å². The molecule has 0 aliphatic carbocycles. The van der Waals surface area contributed by atoms with Crippen LogP contribution in [0.1, 0.15) is 19.8 Å². The van der Waals surface area contributed by atoms with Crippen molar-refractivity contribution < 1.29 is 0 Å². The van der Waals surface area contributed by atoms with Crippen LogP contribution in [0.4, 0.5) is 11.4 Å². The number of amidine groups is 1. The van der Waals surface area contributed by atoms with Crippen molar-refractivity contribution in [2.45, 2.75) is 19.8 Å². The SMILES string of the molecule is CCCCSCC1=Nc2cccc3cccc(c23)N1C. The molecule has 1 aliphatic heterocycles. The lowest BCUT2D eigenvalue weighted by atomic mass is 10.0. The van der Waals surface area contributed by atoms with Gasteiger partial charge in [-0.25, -0.2) is 4.99 Å². The highest BCUT2D eigenvalue weighted by atomic mass is 32.2. The Balaban J connectivity index is 1.92. The van der Waals surface area contributed by atoms with Crippen molar-refractivity contribution in [2.24, 2.45) is 4.99 Å². The molecule has 0 saturated heterocycles. The topological polar surface area (TPSA) is 15.6 Å². The lowest BCUT2D eigenvalue weighted by molar-refractivity contribution is 0.897. The summed E-state index contributed by atoms with van der Waals surface area (Å²) in [6, 6.07) is 12.9. The first-order valence-corrected chi connectivity index (χ1v) is 8.37. The van der Waals surface area contributed by atoms with Gasteiger partial charge in [-0.2, -0.15) is 11.8 Å². The zero-order chi connectivity index (χ0) is 13.9. The Bertz CT molecular complexity index is 643. The Hall–Kier alpha value is -1.48. The van der Waals surface area contributed by atoms with Crippen molar-refractivity contribution in [3.05, 3.63) is 36.4 Å². The summed E-state index contributed by atoms with van der Waals surface area (Å²) in [7, 11) is 2.13. The number of unbranched alkanes of at least 4 members (excludes halogenated alkanes) is 1. The summed E-state index contributed by atoms with van der Waals surface area (Å²) >= 11 is 1.98. The predicted molar refractivity (Wildman–Crippen MR) is 91.7 cm³/mol. The van der Waals surface area contributed by atoms with Gasteiger partial charge in [-0.3, -0.25) is 0 Å². The summed E-state index contributed by atoms with van der Waals surface area (Å²) in [4.78, 5) is 7.11. The third-order valence-electron chi connectivity index (χ3n) is 3.73. The Morgan fingerprint density at radius 3 is 2.75 bits per heavy atom. The number of thioether (sulfide) groups is 1. The minimum Gasteiger partial charge on any atom is -0.332 e. The standard InChI is InChI=1S/C17H20N2S/c1-3-4-11-20-12-16-18-14-9-5-7-13-8-6-10-15(17(13)14)19(16)2/h5-10H,3-4,11-12H2,1-2H3. The van der Waals surface area contributed by atoms with E-state index in [4.69, 9.17) is 4.99 Å². The maximum atomic E-state index is 4.86. The molecule has 3 heteroatoms. The van der Waals surface area contributed by atoms with Crippen LogP contribution in [0.3, 0.4) is 0 Å². The van der Waals surface area contributed by atoms with Crippen molar-refractivity contribution in [1.82, 2.24) is 0 Å². The molecule has 2 aromatic carbocycles. The van der Waals surface area contributed by atoms with Gasteiger partial charge in [0.1, 0.15) is 5.84 Å². The fourth-order valence-corrected chi connectivity index (χ4v) is 3.64. The molecule has 2 aromatic rings. The number of nitrogens with zero attached hydrogens (tertiary/aromatic N) is 2. The molecule has 0 unspecified atom stereocenters. The third kappa shape index (κ3) is 2.42. The van der Waals surface area contributed by atoms with Gasteiger partial charge in [-0.1, -0.05) is 37.6 Å². The van der Waals surface area contributed by atoms with Crippen LogP contribution in [0.2, 0.25) is 0 Å². The summed E-state index contributed by atoms with van der Waals surface area (Å²) in [6.45, 7) is 2.24. The molecule has 0 saturated carbocycles. The van der Waals surface area contributed by atoms with E-state index in [0.29, 0.717) is 0 Å². The van der Waals surface area contributed by atoms with E-state index in [1.807, 2.05) is 11.8 Å². The van der Waals surface area contributed by atoms with Crippen molar-refractivity contribution >= 4 is 39.7 Å². The second-order valence-electron chi connectivity index (χ2n) is 5.15. The van der Waals surface area contributed by atoms with Gasteiger partial charge in [0.25, 0.3) is 0 Å². The van der Waals surface area contributed by atoms with Crippen LogP contribution in [-0.4, -0.2) is 24.4 Å². The molecule has 0 spiro atoms. The highest BCUT2D eigenvalue weighted by molar-refractivity contribution is 7.99. The van der Waals surface area contributed by atoms with Gasteiger partial charge in [0.05, 0.1) is 17.1 Å². The first-order valence-electron chi connectivity index (χ1n) is 7.22. The van der Waals surface area contributed by atoms with Gasteiger partial charge in [-0.15, -0.1) is 0 Å². The lowest BCUT2D eigenvalue weighted by Crippen LogP contribution is -2.30. The summed E-state index contributed by atoms with van der Waals surface area (Å²) in [5.74, 6) is 3.37. The van der Waals surface area contributed by atoms with Crippen LogP contribution in [0, 0.1) is 0 Å². The summed E-state index contributed by atoms with van der Waals surface area (Å²) in [6.07, 6.45) is 2.55. The molecule has 0 radical (unpaired) electrons. The number of anilines is 1. The molecule has 0 bridgehead atoms. The summed E-state index contributed by atoms with van der Waals surface area (Å²) in [5.41, 5.74) is 2.39. The van der Waals surface area contributed by atoms with E-state index in [1.54, 1.807) is 0 Å². The maximum absolute atomic E-state index is 4.86. The van der Waals surface area contributed by atoms with Crippen LogP contribution < -0.4 is 4.90 Å². The molecule has 0 aromatic heterocycles. The molecule has 1 aliphatic rings. The van der Waals surface area contributed by atoms with Crippen LogP contribution in [0.5, 0.6) is 0 Å². The van der Waals surface area contributed by atoms with Crippen LogP contribution in [-0.2, 0) is 0 Å². The average Bonchev–Trinajstić information content (AvgIpc) is 2.48. The zero-order valence-corrected chi connectivity index (χ0v) is 12.9. The first-order chi connectivity index (χ1) is 9.81. The first kappa shape index (κ1) is 13.5. The molecule has 20 heavy (non-hydrogen) atoms. The molecular weight excluding hydrogens is 264 g/mol. The number of benzene rings is 2. The van der Waals surface area contributed by atoms with Crippen LogP contribution in [0.25, 0.3) is 10.8 Å². The minimum atomic E-state index is 0.987. The van der Waals surface area contributed by atoms with Gasteiger partial charge in [0, 0.05) is 12.4 Å². The van der Waals surface area contributed by atoms with E-state index in [1.165, 1.54) is 35.1 Å². The highest BCUT2D eigenvalue weighted by Gasteiger charge is 2.19. The largest absolute Gasteiger partial charge is 0.332 e. The van der Waals surface area contributed by atoms with E-state index in [2.05, 4.69) is 55.3 Å². The van der Waals surface area contributed by atoms with E-state index in [0.717, 1.165) is 17.3 Å². The van der Waals surface area contributed by atoms with E-state index >= 15 is 0 Å². The maximum Gasteiger partial charge on any atom is 0.119 e. The molecule has 0 N–H and O–H groups in total. The van der Waals surface area contributed by atoms with Gasteiger partial charge in [-0.05, 0) is 29.7 Å². The third-order valence-corrected chi connectivity index (χ3v) is 4.77. The van der Waals surface area contributed by atoms with E-state index < -0.39 is 0 Å². The van der Waals surface area contributed by atoms with Crippen molar-refractivity contribution in [1.29, 1.82) is 0 Å². The second-order valence-corrected chi connectivity index (χ2v) is 6.25. The summed E-state index contributed by atoms with van der Waals surface area (Å²) in [5, 5.41) is 2.55. The second kappa shape index (κ2) is 5.88. The molecule has 0 fully saturated rings. The van der Waals surface area contributed by atoms with Gasteiger partial charge < -0.3 is 4.90 Å². The normalized spacial score (nSPS) is 13.7. The molecule has 0 amide bonds. The highest BCUT2D eigenvalue weighted by Crippen LogP contribution is 2.38.